The number of nitrogens with zero attached hydrogens (tertiary/aromatic N) is 2. The molecule has 2 aromatic rings. The molecule has 6 heteroatoms. The Hall–Kier alpha value is -2.50. The number of hydrogen-bond acceptors (Lipinski definition) is 5. The van der Waals surface area contributed by atoms with Crippen LogP contribution in [0.4, 0.5) is 0 Å². The summed E-state index contributed by atoms with van der Waals surface area (Å²) < 4.78 is 0.620. The predicted octanol–water partition coefficient (Wildman–Crippen LogP) is 0.563. The van der Waals surface area contributed by atoms with Crippen LogP contribution in [0.3, 0.4) is 0 Å². The van der Waals surface area contributed by atoms with E-state index in [1.807, 2.05) is 0 Å². The summed E-state index contributed by atoms with van der Waals surface area (Å²) in [5.74, 6) is -1.46. The Morgan fingerprint density at radius 3 is 2.50 bits per heavy atom. The van der Waals surface area contributed by atoms with Gasteiger partial charge in [-0.3, -0.25) is 4.98 Å². The number of rotatable bonds is 2. The zero-order valence-electron chi connectivity index (χ0n) is 8.07. The van der Waals surface area contributed by atoms with E-state index < -0.39 is 5.97 Å². The van der Waals surface area contributed by atoms with Crippen molar-refractivity contribution >= 4 is 5.97 Å². The fourth-order valence-corrected chi connectivity index (χ4v) is 1.11. The fourth-order valence-electron chi connectivity index (χ4n) is 1.11. The normalized spacial score (nSPS) is 10.0. The van der Waals surface area contributed by atoms with Gasteiger partial charge in [-0.25, -0.2) is 4.79 Å². The first-order valence-electron chi connectivity index (χ1n) is 4.41. The number of carbonyl (C=O) groups is 1. The molecule has 2 N–H and O–H groups in total. The minimum atomic E-state index is -0.727. The van der Waals surface area contributed by atoms with Crippen molar-refractivity contribution in [2.24, 2.45) is 0 Å². The number of hydrogen-bond donors (Lipinski definition) is 2. The van der Waals surface area contributed by atoms with Crippen LogP contribution in [-0.2, 0) is 0 Å². The molecule has 2 heterocycles. The quantitative estimate of drug-likeness (QED) is 0.772. The highest BCUT2D eigenvalue weighted by molar-refractivity contribution is 5.89. The summed E-state index contributed by atoms with van der Waals surface area (Å²) in [7, 11) is 0. The third-order valence-corrected chi connectivity index (χ3v) is 1.87. The van der Waals surface area contributed by atoms with Crippen LogP contribution in [0.25, 0.3) is 0 Å². The summed E-state index contributed by atoms with van der Waals surface area (Å²) in [4.78, 5) is 20.0. The number of aromatic nitrogens is 2. The Morgan fingerprint density at radius 1 is 1.25 bits per heavy atom. The molecule has 2 rings (SSSR count). The molecule has 0 fully saturated rings. The Kier molecular flexibility index (Phi) is 2.47. The van der Waals surface area contributed by atoms with Gasteiger partial charge in [0, 0.05) is 24.5 Å². The topological polar surface area (TPSA) is 84.6 Å². The zero-order valence-corrected chi connectivity index (χ0v) is 8.07. The van der Waals surface area contributed by atoms with Crippen LogP contribution in [0.15, 0.2) is 36.7 Å². The van der Waals surface area contributed by atoms with E-state index in [2.05, 4.69) is 4.98 Å². The fraction of sp³-hybridized carbons (Fsp3) is 0. The predicted molar refractivity (Wildman–Crippen MR) is 52.9 cm³/mol. The smallest absolute Gasteiger partial charge is 0.365 e. The van der Waals surface area contributed by atoms with E-state index >= 15 is 0 Å². The van der Waals surface area contributed by atoms with Gasteiger partial charge in [0.1, 0.15) is 0 Å². The molecular formula is C10H8N2O4. The van der Waals surface area contributed by atoms with E-state index in [0.717, 1.165) is 0 Å². The monoisotopic (exact) mass is 220 g/mol. The molecular weight excluding hydrogens is 212 g/mol. The zero-order chi connectivity index (χ0) is 11.5. The standard InChI is InChI=1S/C10H8N2O4/c13-8-3-4-9(14)12(8)16-10(15)7-2-1-5-11-6-7/h1-6,13-14H. The molecule has 0 aliphatic heterocycles. The van der Waals surface area contributed by atoms with Crippen LogP contribution >= 0.6 is 0 Å². The van der Waals surface area contributed by atoms with E-state index in [1.165, 1.54) is 30.6 Å². The third kappa shape index (κ3) is 1.81. The first-order chi connectivity index (χ1) is 7.68. The van der Waals surface area contributed by atoms with Crippen molar-refractivity contribution in [1.29, 1.82) is 0 Å². The molecule has 0 aromatic carbocycles. The van der Waals surface area contributed by atoms with Gasteiger partial charge in [0.25, 0.3) is 0 Å². The van der Waals surface area contributed by atoms with Crippen molar-refractivity contribution in [2.75, 3.05) is 0 Å². The minimum absolute atomic E-state index is 0.218. The van der Waals surface area contributed by atoms with Crippen molar-refractivity contribution < 1.29 is 19.8 Å². The van der Waals surface area contributed by atoms with Crippen molar-refractivity contribution in [3.8, 4) is 11.8 Å². The molecule has 0 aliphatic rings. The van der Waals surface area contributed by atoms with Crippen molar-refractivity contribution in [3.05, 3.63) is 42.2 Å². The highest BCUT2D eigenvalue weighted by atomic mass is 16.7. The molecule has 0 amide bonds. The molecule has 0 spiro atoms. The van der Waals surface area contributed by atoms with Crippen molar-refractivity contribution in [3.63, 3.8) is 0 Å². The van der Waals surface area contributed by atoms with Crippen LogP contribution in [0.1, 0.15) is 10.4 Å². The van der Waals surface area contributed by atoms with E-state index in [9.17, 15) is 15.0 Å². The number of aromatic hydroxyl groups is 2. The third-order valence-electron chi connectivity index (χ3n) is 1.87. The van der Waals surface area contributed by atoms with Gasteiger partial charge in [0.05, 0.1) is 5.56 Å². The molecule has 16 heavy (non-hydrogen) atoms. The molecule has 6 nitrogen and oxygen atoms in total. The van der Waals surface area contributed by atoms with Crippen LogP contribution in [0, 0.1) is 0 Å². The average molecular weight is 220 g/mol. The van der Waals surface area contributed by atoms with Gasteiger partial charge in [-0.15, -0.1) is 4.73 Å². The first kappa shape index (κ1) is 10.0. The maximum atomic E-state index is 11.5. The summed E-state index contributed by atoms with van der Waals surface area (Å²) in [5.41, 5.74) is 0.218. The Balaban J connectivity index is 2.21. The van der Waals surface area contributed by atoms with Crippen molar-refractivity contribution in [2.45, 2.75) is 0 Å². The van der Waals surface area contributed by atoms with Gasteiger partial charge in [-0.2, -0.15) is 0 Å². The Labute approximate surface area is 90.3 Å². The lowest BCUT2D eigenvalue weighted by Crippen LogP contribution is -2.19. The Bertz CT molecular complexity index is 487. The summed E-state index contributed by atoms with van der Waals surface area (Å²) in [6, 6.07) is 5.48. The van der Waals surface area contributed by atoms with E-state index in [1.54, 1.807) is 6.07 Å². The highest BCUT2D eigenvalue weighted by Gasteiger charge is 2.13. The van der Waals surface area contributed by atoms with Crippen LogP contribution < -0.4 is 4.84 Å². The first-order valence-corrected chi connectivity index (χ1v) is 4.41. The SMILES string of the molecule is O=C(On1c(O)ccc1O)c1cccnc1. The molecule has 0 aliphatic carbocycles. The molecule has 82 valence electrons. The molecule has 0 saturated carbocycles. The van der Waals surface area contributed by atoms with E-state index in [-0.39, 0.29) is 17.3 Å². The average Bonchev–Trinajstić information content (AvgIpc) is 2.62. The molecule has 0 bridgehead atoms. The summed E-state index contributed by atoms with van der Waals surface area (Å²) >= 11 is 0. The molecule has 2 aromatic heterocycles. The van der Waals surface area contributed by atoms with Gasteiger partial charge in [0.2, 0.25) is 11.8 Å². The van der Waals surface area contributed by atoms with E-state index in [0.29, 0.717) is 4.73 Å². The molecule has 0 radical (unpaired) electrons. The second-order valence-electron chi connectivity index (χ2n) is 2.96. The van der Waals surface area contributed by atoms with Crippen LogP contribution in [-0.4, -0.2) is 25.9 Å². The molecule has 0 unspecified atom stereocenters. The summed E-state index contributed by atoms with van der Waals surface area (Å²) in [6.07, 6.45) is 2.83. The second kappa shape index (κ2) is 3.93. The maximum Gasteiger partial charge on any atom is 0.365 e. The lowest BCUT2D eigenvalue weighted by molar-refractivity contribution is 0.0381. The molecule has 0 saturated heterocycles. The second-order valence-corrected chi connectivity index (χ2v) is 2.96. The van der Waals surface area contributed by atoms with Gasteiger partial charge in [-0.1, -0.05) is 0 Å². The van der Waals surface area contributed by atoms with Crippen LogP contribution in [0.2, 0.25) is 0 Å². The summed E-state index contributed by atoms with van der Waals surface area (Å²) in [5, 5.41) is 18.5. The van der Waals surface area contributed by atoms with Gasteiger partial charge in [-0.05, 0) is 12.1 Å². The number of carbonyl (C=O) groups excluding carboxylic acids is 1. The van der Waals surface area contributed by atoms with Gasteiger partial charge < -0.3 is 15.1 Å². The summed E-state index contributed by atoms with van der Waals surface area (Å²) in [6.45, 7) is 0. The van der Waals surface area contributed by atoms with Gasteiger partial charge in [0.15, 0.2) is 0 Å². The van der Waals surface area contributed by atoms with Crippen LogP contribution in [0.5, 0.6) is 11.8 Å². The van der Waals surface area contributed by atoms with E-state index in [4.69, 9.17) is 4.84 Å². The lowest BCUT2D eigenvalue weighted by Gasteiger charge is -2.05. The molecule has 0 atom stereocenters. The maximum absolute atomic E-state index is 11.5. The Morgan fingerprint density at radius 2 is 1.94 bits per heavy atom. The van der Waals surface area contributed by atoms with Gasteiger partial charge >= 0.3 is 5.97 Å². The van der Waals surface area contributed by atoms with Crippen molar-refractivity contribution in [1.82, 2.24) is 9.71 Å². The highest BCUT2D eigenvalue weighted by Crippen LogP contribution is 2.19. The minimum Gasteiger partial charge on any atom is -0.492 e. The number of pyridine rings is 1. The largest absolute Gasteiger partial charge is 0.492 e. The lowest BCUT2D eigenvalue weighted by atomic mass is 10.3.